The van der Waals surface area contributed by atoms with E-state index in [4.69, 9.17) is 21.0 Å². The van der Waals surface area contributed by atoms with E-state index in [2.05, 4.69) is 42.3 Å². The van der Waals surface area contributed by atoms with Crippen LogP contribution in [-0.2, 0) is 6.54 Å². The second-order valence-electron chi connectivity index (χ2n) is 11.3. The van der Waals surface area contributed by atoms with Gasteiger partial charge in [0, 0.05) is 55.5 Å². The first-order valence-electron chi connectivity index (χ1n) is 15.1. The molecule has 0 spiro atoms. The molecular weight excluding hydrogens is 600 g/mol. The molecule has 0 amide bonds. The number of aromatic nitrogens is 7. The van der Waals surface area contributed by atoms with Gasteiger partial charge in [-0.05, 0) is 73.0 Å². The summed E-state index contributed by atoms with van der Waals surface area (Å²) in [6.07, 6.45) is 3.71. The zero-order valence-electron chi connectivity index (χ0n) is 25.1. The lowest BCUT2D eigenvalue weighted by Crippen LogP contribution is -2.38. The summed E-state index contributed by atoms with van der Waals surface area (Å²) in [6, 6.07) is 22.5. The highest BCUT2D eigenvalue weighted by molar-refractivity contribution is 5.84. The van der Waals surface area contributed by atoms with E-state index < -0.39 is 6.43 Å². The summed E-state index contributed by atoms with van der Waals surface area (Å²) in [5.74, 6) is 1.76. The predicted octanol–water partition coefficient (Wildman–Crippen LogP) is 5.80. The van der Waals surface area contributed by atoms with Crippen molar-refractivity contribution in [2.45, 2.75) is 31.9 Å². The Hall–Kier alpha value is -5.87. The Bertz CT molecular complexity index is 2060. The fraction of sp³-hybridized carbons (Fsp3) is 0.206. The number of imidazole rings is 1. The molecule has 0 bridgehead atoms. The molecule has 6 aromatic rings. The number of alkyl halides is 2. The normalized spacial score (nSPS) is 14.0. The van der Waals surface area contributed by atoms with E-state index in [9.17, 15) is 8.78 Å². The Morgan fingerprint density at radius 2 is 1.70 bits per heavy atom. The Balaban J connectivity index is 1.13. The minimum Gasteiger partial charge on any atom is -0.383 e. The standard InChI is InChI=1S/C34H29F2N11/c35-31(36)22-5-8-26(41-19-22)27-9-10-28-34(43-27)47(33(44-28)25-2-1-14-40-32(25)38)24-6-3-21(4-7-24)20-46-16-12-23(13-17-46)42-29-11-15-39-30(18-37)45-29/h1-11,14-15,19,23,31H,12-13,16-17,20H2,(H2,38,40)(H,39,42,45). The number of nitrogen functional groups attached to an aromatic ring is 1. The summed E-state index contributed by atoms with van der Waals surface area (Å²) in [7, 11) is 0. The SMILES string of the molecule is N#Cc1nccc(NC2CCN(Cc3ccc(-n4c(-c5cccnc5N)nc5ccc(-c6ccc(C(F)F)cn6)nc54)cc3)CC2)n1. The monoisotopic (exact) mass is 629 g/mol. The number of likely N-dealkylation sites (tertiary alicyclic amines) is 1. The molecule has 0 aliphatic carbocycles. The van der Waals surface area contributed by atoms with Crippen LogP contribution in [0.2, 0.25) is 0 Å². The number of piperidine rings is 1. The van der Waals surface area contributed by atoms with Gasteiger partial charge in [0.2, 0.25) is 5.82 Å². The maximum Gasteiger partial charge on any atom is 0.265 e. The van der Waals surface area contributed by atoms with Crippen molar-refractivity contribution in [3.63, 3.8) is 0 Å². The second-order valence-corrected chi connectivity index (χ2v) is 11.3. The number of halogens is 2. The quantitative estimate of drug-likeness (QED) is 0.212. The van der Waals surface area contributed by atoms with E-state index >= 15 is 0 Å². The average Bonchev–Trinajstić information content (AvgIpc) is 3.48. The largest absolute Gasteiger partial charge is 0.383 e. The van der Waals surface area contributed by atoms with E-state index in [1.165, 1.54) is 17.8 Å². The van der Waals surface area contributed by atoms with Gasteiger partial charge in [-0.2, -0.15) is 5.26 Å². The number of hydrogen-bond donors (Lipinski definition) is 2. The number of hydrogen-bond acceptors (Lipinski definition) is 10. The third-order valence-electron chi connectivity index (χ3n) is 8.18. The maximum absolute atomic E-state index is 13.1. The highest BCUT2D eigenvalue weighted by Crippen LogP contribution is 2.32. The van der Waals surface area contributed by atoms with Crippen LogP contribution in [0.3, 0.4) is 0 Å². The summed E-state index contributed by atoms with van der Waals surface area (Å²) in [4.78, 5) is 28.8. The number of rotatable bonds is 8. The number of anilines is 2. The van der Waals surface area contributed by atoms with Gasteiger partial charge < -0.3 is 11.1 Å². The van der Waals surface area contributed by atoms with Gasteiger partial charge in [-0.25, -0.2) is 33.7 Å². The van der Waals surface area contributed by atoms with Gasteiger partial charge in [-0.15, -0.1) is 0 Å². The molecule has 1 saturated heterocycles. The van der Waals surface area contributed by atoms with E-state index in [0.717, 1.165) is 38.2 Å². The van der Waals surface area contributed by atoms with E-state index in [1.807, 2.05) is 41.0 Å². The van der Waals surface area contributed by atoms with Crippen LogP contribution >= 0.6 is 0 Å². The number of pyridine rings is 3. The maximum atomic E-state index is 13.1. The van der Waals surface area contributed by atoms with Crippen molar-refractivity contribution < 1.29 is 8.78 Å². The van der Waals surface area contributed by atoms with Crippen LogP contribution in [0.25, 0.3) is 39.6 Å². The summed E-state index contributed by atoms with van der Waals surface area (Å²) in [6.45, 7) is 2.64. The molecule has 11 nitrogen and oxygen atoms in total. The molecule has 0 saturated carbocycles. The van der Waals surface area contributed by atoms with Crippen LogP contribution in [0.4, 0.5) is 20.4 Å². The molecule has 0 radical (unpaired) electrons. The first kappa shape index (κ1) is 29.8. The molecule has 6 heterocycles. The molecule has 1 aromatic carbocycles. The van der Waals surface area contributed by atoms with Crippen molar-refractivity contribution in [2.75, 3.05) is 24.1 Å². The van der Waals surface area contributed by atoms with Crippen LogP contribution in [0, 0.1) is 11.3 Å². The molecule has 13 heteroatoms. The number of nitrogens with one attached hydrogen (secondary N) is 1. The lowest BCUT2D eigenvalue weighted by Gasteiger charge is -2.32. The summed E-state index contributed by atoms with van der Waals surface area (Å²) in [5, 5.41) is 12.5. The van der Waals surface area contributed by atoms with Crippen LogP contribution in [-0.4, -0.2) is 58.5 Å². The highest BCUT2D eigenvalue weighted by atomic mass is 19.3. The molecular formula is C34H29F2N11. The Morgan fingerprint density at radius 1 is 0.894 bits per heavy atom. The Labute approximate surface area is 268 Å². The van der Waals surface area contributed by atoms with Crippen molar-refractivity contribution in [1.29, 1.82) is 5.26 Å². The average molecular weight is 630 g/mol. The van der Waals surface area contributed by atoms with Crippen molar-refractivity contribution in [3.8, 4) is 34.5 Å². The van der Waals surface area contributed by atoms with Gasteiger partial charge in [-0.1, -0.05) is 12.1 Å². The molecule has 7 rings (SSSR count). The van der Waals surface area contributed by atoms with Gasteiger partial charge in [0.1, 0.15) is 23.2 Å². The first-order valence-corrected chi connectivity index (χ1v) is 15.1. The van der Waals surface area contributed by atoms with Gasteiger partial charge in [0.15, 0.2) is 11.5 Å². The lowest BCUT2D eigenvalue weighted by atomic mass is 10.0. The molecule has 1 aliphatic rings. The van der Waals surface area contributed by atoms with Crippen LogP contribution in [0.15, 0.2) is 85.3 Å². The Kier molecular flexibility index (Phi) is 8.16. The van der Waals surface area contributed by atoms with Gasteiger partial charge in [0.05, 0.1) is 17.0 Å². The van der Waals surface area contributed by atoms with Gasteiger partial charge >= 0.3 is 0 Å². The van der Waals surface area contributed by atoms with Crippen LogP contribution in [0.1, 0.15) is 36.2 Å². The topological polar surface area (TPSA) is 147 Å². The third-order valence-corrected chi connectivity index (χ3v) is 8.18. The minimum absolute atomic E-state index is 0.146. The van der Waals surface area contributed by atoms with E-state index in [0.29, 0.717) is 45.6 Å². The number of nitriles is 1. The summed E-state index contributed by atoms with van der Waals surface area (Å²) in [5.41, 5.74) is 11.0. The lowest BCUT2D eigenvalue weighted by molar-refractivity contribution is 0.151. The fourth-order valence-electron chi connectivity index (χ4n) is 5.76. The second kappa shape index (κ2) is 12.9. The number of fused-ring (bicyclic) bond motifs is 1. The summed E-state index contributed by atoms with van der Waals surface area (Å²) < 4.78 is 28.2. The third kappa shape index (κ3) is 6.31. The molecule has 1 fully saturated rings. The first-order chi connectivity index (χ1) is 22.9. The van der Waals surface area contributed by atoms with Gasteiger partial charge in [-0.3, -0.25) is 14.5 Å². The number of nitrogens with zero attached hydrogens (tertiary/aromatic N) is 9. The van der Waals surface area contributed by atoms with Crippen molar-refractivity contribution >= 4 is 22.8 Å². The summed E-state index contributed by atoms with van der Waals surface area (Å²) >= 11 is 0. The van der Waals surface area contributed by atoms with E-state index in [1.54, 1.807) is 30.6 Å². The minimum atomic E-state index is -2.59. The number of nitrogens with two attached hydrogens (primary N) is 1. The predicted molar refractivity (Wildman–Crippen MR) is 173 cm³/mol. The van der Waals surface area contributed by atoms with Crippen molar-refractivity contribution in [2.24, 2.45) is 0 Å². The molecule has 1 aliphatic heterocycles. The molecule has 3 N–H and O–H groups in total. The van der Waals surface area contributed by atoms with E-state index in [-0.39, 0.29) is 17.4 Å². The van der Waals surface area contributed by atoms with Crippen LogP contribution in [0.5, 0.6) is 0 Å². The molecule has 47 heavy (non-hydrogen) atoms. The zero-order valence-corrected chi connectivity index (χ0v) is 25.1. The molecule has 0 atom stereocenters. The smallest absolute Gasteiger partial charge is 0.265 e. The zero-order chi connectivity index (χ0) is 32.3. The van der Waals surface area contributed by atoms with Crippen molar-refractivity contribution in [1.82, 2.24) is 39.4 Å². The van der Waals surface area contributed by atoms with Crippen LogP contribution < -0.4 is 11.1 Å². The molecule has 0 unspecified atom stereocenters. The van der Waals surface area contributed by atoms with Crippen molar-refractivity contribution in [3.05, 3.63) is 102 Å². The molecule has 5 aromatic heterocycles. The Morgan fingerprint density at radius 3 is 2.43 bits per heavy atom. The number of benzene rings is 1. The highest BCUT2D eigenvalue weighted by Gasteiger charge is 2.21. The molecule has 234 valence electrons. The fourth-order valence-corrected chi connectivity index (χ4v) is 5.76. The van der Waals surface area contributed by atoms with Gasteiger partial charge in [0.25, 0.3) is 6.43 Å².